The SMILES string of the molecule is Cn1cc(Nc2nc(N3C[C@H](CO)C[C@@H](NC(=O)c4ccc(C5CC5)cc4)C3)cnc2C(N)=O)cn1. The molecule has 3 heterocycles. The number of carbonyl (C=O) groups is 2. The highest BCUT2D eigenvalue weighted by Crippen LogP contribution is 2.39. The molecule has 5 rings (SSSR count). The van der Waals surface area contributed by atoms with Crippen LogP contribution in [0.5, 0.6) is 0 Å². The Morgan fingerprint density at radius 3 is 2.58 bits per heavy atom. The summed E-state index contributed by atoms with van der Waals surface area (Å²) in [6.07, 6.45) is 7.91. The molecule has 1 saturated carbocycles. The first-order valence-electron chi connectivity index (χ1n) is 12.1. The Labute approximate surface area is 208 Å². The van der Waals surface area contributed by atoms with E-state index in [0.29, 0.717) is 42.5 Å². The minimum Gasteiger partial charge on any atom is -0.396 e. The number of amides is 2. The van der Waals surface area contributed by atoms with Crippen molar-refractivity contribution in [3.63, 3.8) is 0 Å². The molecule has 1 aliphatic carbocycles. The second kappa shape index (κ2) is 9.94. The van der Waals surface area contributed by atoms with E-state index in [1.54, 1.807) is 24.1 Å². The number of anilines is 3. The minimum absolute atomic E-state index is 0.0119. The highest BCUT2D eigenvalue weighted by molar-refractivity contribution is 5.96. The standard InChI is InChI=1S/C25H30N8O3/c1-32-12-20(9-28-32)29-24-22(23(26)35)27-10-21(31-24)33-11-15(14-34)8-19(13-33)30-25(36)18-6-4-17(5-7-18)16-2-3-16/h4-7,9-10,12,15-16,19,34H,2-3,8,11,13-14H2,1H3,(H2,26,35)(H,29,31)(H,30,36)/t15-,19-/m1/s1. The van der Waals surface area contributed by atoms with Crippen LogP contribution < -0.4 is 21.3 Å². The first-order valence-corrected chi connectivity index (χ1v) is 12.1. The predicted molar refractivity (Wildman–Crippen MR) is 134 cm³/mol. The monoisotopic (exact) mass is 490 g/mol. The molecule has 0 unspecified atom stereocenters. The van der Waals surface area contributed by atoms with Gasteiger partial charge in [0.1, 0.15) is 5.82 Å². The maximum absolute atomic E-state index is 12.9. The summed E-state index contributed by atoms with van der Waals surface area (Å²) in [6, 6.07) is 7.61. The molecule has 2 amide bonds. The molecule has 11 heteroatoms. The number of piperidine rings is 1. The molecule has 1 aliphatic heterocycles. The largest absolute Gasteiger partial charge is 0.396 e. The van der Waals surface area contributed by atoms with Gasteiger partial charge in [-0.3, -0.25) is 14.3 Å². The number of aryl methyl sites for hydroxylation is 1. The van der Waals surface area contributed by atoms with E-state index < -0.39 is 5.91 Å². The number of primary amides is 1. The van der Waals surface area contributed by atoms with Gasteiger partial charge in [0.25, 0.3) is 11.8 Å². The first-order chi connectivity index (χ1) is 17.4. The lowest BCUT2D eigenvalue weighted by atomic mass is 9.94. The van der Waals surface area contributed by atoms with Crippen molar-refractivity contribution < 1.29 is 14.7 Å². The normalized spacial score (nSPS) is 19.7. The number of benzene rings is 1. The Kier molecular flexibility index (Phi) is 6.55. The van der Waals surface area contributed by atoms with Crippen molar-refractivity contribution in [1.29, 1.82) is 0 Å². The molecule has 2 aliphatic rings. The second-order valence-corrected chi connectivity index (χ2v) is 9.57. The van der Waals surface area contributed by atoms with Crippen molar-refractivity contribution >= 4 is 29.1 Å². The number of aliphatic hydroxyl groups excluding tert-OH is 1. The van der Waals surface area contributed by atoms with Crippen LogP contribution in [0.25, 0.3) is 0 Å². The van der Waals surface area contributed by atoms with Crippen LogP contribution in [0.4, 0.5) is 17.3 Å². The third-order valence-corrected chi connectivity index (χ3v) is 6.64. The van der Waals surface area contributed by atoms with E-state index in [-0.39, 0.29) is 36.0 Å². The lowest BCUT2D eigenvalue weighted by Gasteiger charge is -2.38. The van der Waals surface area contributed by atoms with Crippen molar-refractivity contribution in [3.8, 4) is 0 Å². The number of carbonyl (C=O) groups excluding carboxylic acids is 2. The number of nitrogens with one attached hydrogen (secondary N) is 2. The van der Waals surface area contributed by atoms with Crippen LogP contribution in [0.15, 0.2) is 42.9 Å². The number of rotatable bonds is 8. The van der Waals surface area contributed by atoms with Gasteiger partial charge >= 0.3 is 0 Å². The molecule has 1 aromatic carbocycles. The Bertz CT molecular complexity index is 1250. The van der Waals surface area contributed by atoms with Crippen LogP contribution >= 0.6 is 0 Å². The summed E-state index contributed by atoms with van der Waals surface area (Å²) in [6.45, 7) is 1.00. The van der Waals surface area contributed by atoms with Gasteiger partial charge < -0.3 is 26.4 Å². The summed E-state index contributed by atoms with van der Waals surface area (Å²) >= 11 is 0. The zero-order chi connectivity index (χ0) is 25.2. The molecule has 36 heavy (non-hydrogen) atoms. The Morgan fingerprint density at radius 2 is 1.94 bits per heavy atom. The summed E-state index contributed by atoms with van der Waals surface area (Å²) < 4.78 is 1.62. The van der Waals surface area contributed by atoms with Crippen molar-refractivity contribution in [2.75, 3.05) is 29.9 Å². The predicted octanol–water partition coefficient (Wildman–Crippen LogP) is 1.55. The average molecular weight is 491 g/mol. The minimum atomic E-state index is -0.704. The van der Waals surface area contributed by atoms with E-state index in [9.17, 15) is 14.7 Å². The summed E-state index contributed by atoms with van der Waals surface area (Å²) in [7, 11) is 1.78. The quantitative estimate of drug-likeness (QED) is 0.371. The molecule has 0 radical (unpaired) electrons. The average Bonchev–Trinajstić information content (AvgIpc) is 3.65. The number of aliphatic hydroxyl groups is 1. The van der Waals surface area contributed by atoms with Gasteiger partial charge in [-0.25, -0.2) is 9.97 Å². The summed E-state index contributed by atoms with van der Waals surface area (Å²) in [5.41, 5.74) is 8.06. The lowest BCUT2D eigenvalue weighted by molar-refractivity contribution is 0.0918. The summed E-state index contributed by atoms with van der Waals surface area (Å²) in [4.78, 5) is 35.7. The topological polar surface area (TPSA) is 151 Å². The van der Waals surface area contributed by atoms with E-state index in [0.717, 1.165) is 0 Å². The smallest absolute Gasteiger partial charge is 0.271 e. The number of nitrogens with zero attached hydrogens (tertiary/aromatic N) is 5. The Hall–Kier alpha value is -3.99. The zero-order valence-electron chi connectivity index (χ0n) is 20.1. The molecule has 0 spiro atoms. The maximum Gasteiger partial charge on any atom is 0.271 e. The van der Waals surface area contributed by atoms with Crippen LogP contribution in [0.2, 0.25) is 0 Å². The molecule has 11 nitrogen and oxygen atoms in total. The van der Waals surface area contributed by atoms with Crippen molar-refractivity contribution in [3.05, 3.63) is 59.7 Å². The van der Waals surface area contributed by atoms with Gasteiger partial charge in [-0.05, 0) is 42.9 Å². The fourth-order valence-corrected chi connectivity index (χ4v) is 4.64. The Morgan fingerprint density at radius 1 is 1.17 bits per heavy atom. The maximum atomic E-state index is 12.9. The fourth-order valence-electron chi connectivity index (χ4n) is 4.64. The van der Waals surface area contributed by atoms with E-state index in [2.05, 4.69) is 25.7 Å². The Balaban J connectivity index is 1.33. The number of nitrogens with two attached hydrogens (primary N) is 1. The van der Waals surface area contributed by atoms with Crippen LogP contribution in [0, 0.1) is 5.92 Å². The van der Waals surface area contributed by atoms with E-state index in [4.69, 9.17) is 5.73 Å². The molecule has 3 aromatic rings. The van der Waals surface area contributed by atoms with Crippen molar-refractivity contribution in [2.45, 2.75) is 31.2 Å². The number of hydrogen-bond donors (Lipinski definition) is 4. The third kappa shape index (κ3) is 5.30. The second-order valence-electron chi connectivity index (χ2n) is 9.57. The highest BCUT2D eigenvalue weighted by atomic mass is 16.3. The molecule has 0 bridgehead atoms. The molecule has 5 N–H and O–H groups in total. The van der Waals surface area contributed by atoms with E-state index >= 15 is 0 Å². The lowest BCUT2D eigenvalue weighted by Crippen LogP contribution is -2.52. The van der Waals surface area contributed by atoms with Gasteiger partial charge in [0, 0.05) is 50.5 Å². The molecule has 2 aromatic heterocycles. The molecule has 188 valence electrons. The molecular formula is C25H30N8O3. The molecule has 2 fully saturated rings. The van der Waals surface area contributed by atoms with Crippen LogP contribution in [0.3, 0.4) is 0 Å². The van der Waals surface area contributed by atoms with Gasteiger partial charge in [0.2, 0.25) is 0 Å². The highest BCUT2D eigenvalue weighted by Gasteiger charge is 2.30. The van der Waals surface area contributed by atoms with Gasteiger partial charge in [-0.1, -0.05) is 12.1 Å². The number of aromatic nitrogens is 4. The fraction of sp³-hybridized carbons (Fsp3) is 0.400. The van der Waals surface area contributed by atoms with Gasteiger partial charge in [-0.2, -0.15) is 5.10 Å². The molecule has 2 atom stereocenters. The van der Waals surface area contributed by atoms with Crippen molar-refractivity contribution in [2.24, 2.45) is 18.7 Å². The van der Waals surface area contributed by atoms with Gasteiger partial charge in [0.15, 0.2) is 11.5 Å². The molecule has 1 saturated heterocycles. The van der Waals surface area contributed by atoms with E-state index in [1.165, 1.54) is 24.6 Å². The van der Waals surface area contributed by atoms with Crippen LogP contribution in [0.1, 0.15) is 51.6 Å². The van der Waals surface area contributed by atoms with Crippen molar-refractivity contribution in [1.82, 2.24) is 25.1 Å². The van der Waals surface area contributed by atoms with Gasteiger partial charge in [-0.15, -0.1) is 0 Å². The third-order valence-electron chi connectivity index (χ3n) is 6.64. The van der Waals surface area contributed by atoms with Crippen LogP contribution in [-0.2, 0) is 7.05 Å². The first kappa shape index (κ1) is 23.7. The molecular weight excluding hydrogens is 460 g/mol. The summed E-state index contributed by atoms with van der Waals surface area (Å²) in [5.74, 6) is 0.459. The van der Waals surface area contributed by atoms with Crippen LogP contribution in [-0.4, -0.2) is 62.4 Å². The summed E-state index contributed by atoms with van der Waals surface area (Å²) in [5, 5.41) is 20.2. The van der Waals surface area contributed by atoms with E-state index in [1.807, 2.05) is 29.2 Å². The van der Waals surface area contributed by atoms with Gasteiger partial charge in [0.05, 0.1) is 18.1 Å². The zero-order valence-corrected chi connectivity index (χ0v) is 20.1. The number of hydrogen-bond acceptors (Lipinski definition) is 8.